The third-order valence-electron chi connectivity index (χ3n) is 2.52. The number of rotatable bonds is 3. The van der Waals surface area contributed by atoms with Crippen LogP contribution in [0.4, 0.5) is 0 Å². The van der Waals surface area contributed by atoms with E-state index in [0.717, 1.165) is 10.0 Å². The van der Waals surface area contributed by atoms with Gasteiger partial charge in [-0.2, -0.15) is 0 Å². The highest BCUT2D eigenvalue weighted by atomic mass is 79.9. The van der Waals surface area contributed by atoms with Crippen LogP contribution in [0.5, 0.6) is 0 Å². The zero-order chi connectivity index (χ0) is 13.8. The zero-order valence-corrected chi connectivity index (χ0v) is 13.7. The molecule has 1 amide bonds. The van der Waals surface area contributed by atoms with Gasteiger partial charge in [-0.15, -0.1) is 0 Å². The second kappa shape index (κ2) is 6.55. The lowest BCUT2D eigenvalue weighted by Gasteiger charge is -2.06. The molecule has 0 aliphatic carbocycles. The van der Waals surface area contributed by atoms with Crippen molar-refractivity contribution in [3.8, 4) is 0 Å². The van der Waals surface area contributed by atoms with Crippen LogP contribution >= 0.6 is 43.5 Å². The molecule has 2 aromatic rings. The van der Waals surface area contributed by atoms with Crippen molar-refractivity contribution in [2.24, 2.45) is 0 Å². The average Bonchev–Trinajstić information content (AvgIpc) is 2.39. The van der Waals surface area contributed by atoms with E-state index in [1.807, 2.05) is 24.3 Å². The predicted octanol–water partition coefficient (Wildman–Crippen LogP) is 4.80. The number of hydrogen-bond donors (Lipinski definition) is 1. The smallest absolute Gasteiger partial charge is 0.251 e. The number of carbonyl (C=O) groups is 1. The van der Waals surface area contributed by atoms with Crippen LogP contribution in [-0.2, 0) is 6.54 Å². The van der Waals surface area contributed by atoms with Gasteiger partial charge in [0.05, 0.1) is 5.02 Å². The maximum absolute atomic E-state index is 12.0. The molecule has 0 unspecified atom stereocenters. The molecule has 0 aliphatic rings. The summed E-state index contributed by atoms with van der Waals surface area (Å²) in [6.07, 6.45) is 0. The van der Waals surface area contributed by atoms with Crippen LogP contribution < -0.4 is 5.32 Å². The largest absolute Gasteiger partial charge is 0.348 e. The number of hydrogen-bond acceptors (Lipinski definition) is 1. The van der Waals surface area contributed by atoms with Gasteiger partial charge in [0.1, 0.15) is 0 Å². The zero-order valence-electron chi connectivity index (χ0n) is 9.79. The minimum atomic E-state index is -0.127. The van der Waals surface area contributed by atoms with Crippen LogP contribution in [0.3, 0.4) is 0 Å². The lowest BCUT2D eigenvalue weighted by Crippen LogP contribution is -2.22. The molecule has 2 rings (SSSR count). The normalized spacial score (nSPS) is 10.3. The second-order valence-corrected chi connectivity index (χ2v) is 6.12. The summed E-state index contributed by atoms with van der Waals surface area (Å²) in [6, 6.07) is 12.9. The molecule has 2 nitrogen and oxygen atoms in total. The molecule has 98 valence electrons. The summed E-state index contributed by atoms with van der Waals surface area (Å²) in [5, 5.41) is 3.45. The van der Waals surface area contributed by atoms with Crippen LogP contribution in [0.25, 0.3) is 0 Å². The van der Waals surface area contributed by atoms with E-state index in [-0.39, 0.29) is 5.91 Å². The number of benzene rings is 2. The Hall–Kier alpha value is -0.840. The summed E-state index contributed by atoms with van der Waals surface area (Å²) in [7, 11) is 0. The quantitative estimate of drug-likeness (QED) is 0.784. The summed E-state index contributed by atoms with van der Waals surface area (Å²) in [5.41, 5.74) is 1.61. The highest BCUT2D eigenvalue weighted by Crippen LogP contribution is 2.23. The molecule has 0 radical (unpaired) electrons. The van der Waals surface area contributed by atoms with E-state index in [2.05, 4.69) is 37.2 Å². The predicted molar refractivity (Wildman–Crippen MR) is 84.5 cm³/mol. The van der Waals surface area contributed by atoms with Crippen LogP contribution in [-0.4, -0.2) is 5.91 Å². The van der Waals surface area contributed by atoms with Gasteiger partial charge in [0.2, 0.25) is 0 Å². The SMILES string of the molecule is O=C(NCc1cccc(Br)c1)c1ccc(Cl)c(Br)c1. The first kappa shape index (κ1) is 14.6. The Morgan fingerprint density at radius 1 is 1.16 bits per heavy atom. The Morgan fingerprint density at radius 2 is 1.95 bits per heavy atom. The van der Waals surface area contributed by atoms with Gasteiger partial charge < -0.3 is 5.32 Å². The van der Waals surface area contributed by atoms with Crippen LogP contribution in [0, 0.1) is 0 Å². The summed E-state index contributed by atoms with van der Waals surface area (Å²) in [6.45, 7) is 0.485. The van der Waals surface area contributed by atoms with Gasteiger partial charge in [-0.25, -0.2) is 0 Å². The summed E-state index contributed by atoms with van der Waals surface area (Å²) in [5.74, 6) is -0.127. The first-order valence-corrected chi connectivity index (χ1v) is 7.50. The average molecular weight is 404 g/mol. The highest BCUT2D eigenvalue weighted by molar-refractivity contribution is 9.10. The molecular formula is C14H10Br2ClNO. The van der Waals surface area contributed by atoms with Crippen molar-refractivity contribution in [2.75, 3.05) is 0 Å². The Morgan fingerprint density at radius 3 is 2.63 bits per heavy atom. The Labute approximate surface area is 133 Å². The van der Waals surface area contributed by atoms with Crippen LogP contribution in [0.15, 0.2) is 51.4 Å². The molecular weight excluding hydrogens is 393 g/mol. The maximum atomic E-state index is 12.0. The highest BCUT2D eigenvalue weighted by Gasteiger charge is 2.07. The van der Waals surface area contributed by atoms with Gasteiger partial charge >= 0.3 is 0 Å². The van der Waals surface area contributed by atoms with Crippen LogP contribution in [0.2, 0.25) is 5.02 Å². The van der Waals surface area contributed by atoms with Crippen molar-refractivity contribution in [1.82, 2.24) is 5.32 Å². The van der Waals surface area contributed by atoms with E-state index in [9.17, 15) is 4.79 Å². The first-order chi connectivity index (χ1) is 9.06. The molecule has 5 heteroatoms. The van der Waals surface area contributed by atoms with Gasteiger partial charge in [0.15, 0.2) is 0 Å². The van der Waals surface area contributed by atoms with Crippen molar-refractivity contribution in [1.29, 1.82) is 0 Å². The third kappa shape index (κ3) is 4.06. The van der Waals surface area contributed by atoms with Crippen molar-refractivity contribution in [2.45, 2.75) is 6.54 Å². The van der Waals surface area contributed by atoms with E-state index in [0.29, 0.717) is 21.6 Å². The number of halogens is 3. The molecule has 0 heterocycles. The topological polar surface area (TPSA) is 29.1 Å². The first-order valence-electron chi connectivity index (χ1n) is 5.54. The fourth-order valence-corrected chi connectivity index (χ4v) is 2.51. The Balaban J connectivity index is 2.03. The van der Waals surface area contributed by atoms with Crippen LogP contribution in [0.1, 0.15) is 15.9 Å². The fourth-order valence-electron chi connectivity index (χ4n) is 1.57. The van der Waals surface area contributed by atoms with Crippen molar-refractivity contribution in [3.63, 3.8) is 0 Å². The van der Waals surface area contributed by atoms with E-state index in [4.69, 9.17) is 11.6 Å². The summed E-state index contributed by atoms with van der Waals surface area (Å²) >= 11 is 12.6. The number of carbonyl (C=O) groups excluding carboxylic acids is 1. The molecule has 0 saturated heterocycles. The molecule has 0 aromatic heterocycles. The van der Waals surface area contributed by atoms with Gasteiger partial charge in [-0.1, -0.05) is 39.7 Å². The number of amides is 1. The molecule has 2 aromatic carbocycles. The van der Waals surface area contributed by atoms with Crippen molar-refractivity contribution >= 4 is 49.4 Å². The summed E-state index contributed by atoms with van der Waals surface area (Å²) < 4.78 is 1.71. The molecule has 0 atom stereocenters. The monoisotopic (exact) mass is 401 g/mol. The van der Waals surface area contributed by atoms with Gasteiger partial charge in [0.25, 0.3) is 5.91 Å². The molecule has 0 fully saturated rings. The molecule has 0 bridgehead atoms. The van der Waals surface area contributed by atoms with E-state index < -0.39 is 0 Å². The Kier molecular flexibility index (Phi) is 5.02. The minimum Gasteiger partial charge on any atom is -0.348 e. The van der Waals surface area contributed by atoms with Crippen molar-refractivity contribution < 1.29 is 4.79 Å². The van der Waals surface area contributed by atoms with E-state index in [1.54, 1.807) is 18.2 Å². The third-order valence-corrected chi connectivity index (χ3v) is 4.23. The van der Waals surface area contributed by atoms with E-state index >= 15 is 0 Å². The molecule has 0 aliphatic heterocycles. The lowest BCUT2D eigenvalue weighted by molar-refractivity contribution is 0.0951. The van der Waals surface area contributed by atoms with Gasteiger partial charge in [-0.3, -0.25) is 4.79 Å². The number of nitrogens with one attached hydrogen (secondary N) is 1. The minimum absolute atomic E-state index is 0.127. The van der Waals surface area contributed by atoms with Gasteiger partial charge in [-0.05, 0) is 51.8 Å². The Bertz CT molecular complexity index is 616. The maximum Gasteiger partial charge on any atom is 0.251 e. The molecule has 1 N–H and O–H groups in total. The molecule has 19 heavy (non-hydrogen) atoms. The fraction of sp³-hybridized carbons (Fsp3) is 0.0714. The van der Waals surface area contributed by atoms with Gasteiger partial charge in [0, 0.05) is 21.1 Å². The molecule has 0 spiro atoms. The van der Waals surface area contributed by atoms with Crippen molar-refractivity contribution in [3.05, 3.63) is 67.6 Å². The van der Waals surface area contributed by atoms with E-state index in [1.165, 1.54) is 0 Å². The molecule has 0 saturated carbocycles. The lowest BCUT2D eigenvalue weighted by atomic mass is 10.2. The second-order valence-electron chi connectivity index (χ2n) is 3.94. The summed E-state index contributed by atoms with van der Waals surface area (Å²) in [4.78, 5) is 12.0. The standard InChI is InChI=1S/C14H10Br2ClNO/c15-11-3-1-2-9(6-11)8-18-14(19)10-4-5-13(17)12(16)7-10/h1-7H,8H2,(H,18,19).